The molecule has 4 N–H and O–H groups in total. The first-order chi connectivity index (χ1) is 13.3. The molecule has 0 bridgehead atoms. The summed E-state index contributed by atoms with van der Waals surface area (Å²) in [7, 11) is 0. The lowest BCUT2D eigenvalue weighted by atomic mass is 9.87. The lowest BCUT2D eigenvalue weighted by Crippen LogP contribution is -2.48. The Morgan fingerprint density at radius 3 is 2.46 bits per heavy atom. The summed E-state index contributed by atoms with van der Waals surface area (Å²) in [5.41, 5.74) is 6.94. The number of hydrogen-bond acceptors (Lipinski definition) is 4. The van der Waals surface area contributed by atoms with E-state index >= 15 is 0 Å². The summed E-state index contributed by atoms with van der Waals surface area (Å²) in [6.07, 6.45) is 2.40. The van der Waals surface area contributed by atoms with Crippen LogP contribution in [-0.2, 0) is 14.9 Å². The molecule has 1 aromatic carbocycles. The van der Waals surface area contributed by atoms with Gasteiger partial charge in [-0.25, -0.2) is 0 Å². The van der Waals surface area contributed by atoms with E-state index in [4.69, 9.17) is 17.0 Å². The molecule has 154 valence electrons. The maximum absolute atomic E-state index is 12.2. The largest absolute Gasteiger partial charge is 0.376 e. The fourth-order valence-corrected chi connectivity index (χ4v) is 2.89. The van der Waals surface area contributed by atoms with Gasteiger partial charge in [-0.1, -0.05) is 32.9 Å². The van der Waals surface area contributed by atoms with Gasteiger partial charge in [0.25, 0.3) is 5.91 Å². The molecule has 0 spiro atoms. The Morgan fingerprint density at radius 1 is 1.14 bits per heavy atom. The molecule has 1 fully saturated rings. The van der Waals surface area contributed by atoms with E-state index in [2.05, 4.69) is 42.3 Å². The molecule has 2 rings (SSSR count). The number of rotatable bonds is 6. The van der Waals surface area contributed by atoms with Gasteiger partial charge >= 0.3 is 0 Å². The van der Waals surface area contributed by atoms with Gasteiger partial charge in [-0.05, 0) is 48.2 Å². The number of ether oxygens (including phenoxy) is 1. The molecule has 1 aliphatic rings. The van der Waals surface area contributed by atoms with Crippen LogP contribution in [0.4, 0.5) is 0 Å². The number of amides is 2. The smallest absolute Gasteiger partial charge is 0.251 e. The number of hydrogen-bond donors (Lipinski definition) is 4. The maximum atomic E-state index is 12.2. The molecular formula is C20H30N4O3S. The first-order valence-electron chi connectivity index (χ1n) is 9.59. The molecule has 1 unspecified atom stereocenters. The van der Waals surface area contributed by atoms with E-state index in [1.807, 2.05) is 12.1 Å². The number of carbonyl (C=O) groups excluding carboxylic acids is 2. The van der Waals surface area contributed by atoms with E-state index in [1.165, 1.54) is 5.56 Å². The molecule has 0 saturated carbocycles. The fourth-order valence-electron chi connectivity index (χ4n) is 2.76. The van der Waals surface area contributed by atoms with Crippen LogP contribution in [0.15, 0.2) is 24.3 Å². The molecule has 1 heterocycles. The van der Waals surface area contributed by atoms with Crippen molar-refractivity contribution in [2.75, 3.05) is 19.7 Å². The zero-order chi connectivity index (χ0) is 20.6. The number of carbonyl (C=O) groups is 2. The maximum Gasteiger partial charge on any atom is 0.251 e. The first-order valence-corrected chi connectivity index (χ1v) is 9.99. The molecule has 1 aromatic rings. The molecular weight excluding hydrogens is 376 g/mol. The highest BCUT2D eigenvalue weighted by molar-refractivity contribution is 7.80. The molecule has 28 heavy (non-hydrogen) atoms. The van der Waals surface area contributed by atoms with E-state index in [9.17, 15) is 9.59 Å². The molecule has 2 amide bonds. The van der Waals surface area contributed by atoms with Gasteiger partial charge in [-0.15, -0.1) is 0 Å². The van der Waals surface area contributed by atoms with Crippen LogP contribution >= 0.6 is 12.2 Å². The van der Waals surface area contributed by atoms with E-state index in [1.54, 1.807) is 12.1 Å². The Kier molecular flexibility index (Phi) is 8.19. The third kappa shape index (κ3) is 7.44. The lowest BCUT2D eigenvalue weighted by Gasteiger charge is -2.19. The molecule has 1 atom stereocenters. The Hall–Kier alpha value is -2.19. The van der Waals surface area contributed by atoms with Crippen molar-refractivity contribution in [3.8, 4) is 0 Å². The second kappa shape index (κ2) is 10.4. The van der Waals surface area contributed by atoms with E-state index in [-0.39, 0.29) is 36.3 Å². The summed E-state index contributed by atoms with van der Waals surface area (Å²) in [4.78, 5) is 24.0. The zero-order valence-electron chi connectivity index (χ0n) is 16.8. The van der Waals surface area contributed by atoms with Gasteiger partial charge in [0.15, 0.2) is 5.11 Å². The van der Waals surface area contributed by atoms with Crippen molar-refractivity contribution in [1.82, 2.24) is 21.5 Å². The minimum Gasteiger partial charge on any atom is -0.376 e. The van der Waals surface area contributed by atoms with Crippen LogP contribution in [0, 0.1) is 0 Å². The number of benzene rings is 1. The van der Waals surface area contributed by atoms with E-state index < -0.39 is 0 Å². The van der Waals surface area contributed by atoms with Crippen LogP contribution in [0.1, 0.15) is 56.0 Å². The van der Waals surface area contributed by atoms with Crippen molar-refractivity contribution in [2.24, 2.45) is 0 Å². The number of thiocarbonyl (C=S) groups is 1. The molecule has 0 radical (unpaired) electrons. The van der Waals surface area contributed by atoms with Gasteiger partial charge in [0.2, 0.25) is 5.91 Å². The second-order valence-corrected chi connectivity index (χ2v) is 8.26. The van der Waals surface area contributed by atoms with Crippen molar-refractivity contribution < 1.29 is 14.3 Å². The Balaban J connectivity index is 1.61. The van der Waals surface area contributed by atoms with E-state index in [0.29, 0.717) is 17.2 Å². The molecule has 0 aromatic heterocycles. The normalized spacial score (nSPS) is 16.3. The molecule has 7 nitrogen and oxygen atoms in total. The second-order valence-electron chi connectivity index (χ2n) is 7.85. The van der Waals surface area contributed by atoms with Crippen LogP contribution in [0.3, 0.4) is 0 Å². The topological polar surface area (TPSA) is 91.5 Å². The van der Waals surface area contributed by atoms with Crippen LogP contribution in [0.25, 0.3) is 0 Å². The fraction of sp³-hybridized carbons (Fsp3) is 0.550. The van der Waals surface area contributed by atoms with Crippen molar-refractivity contribution in [2.45, 2.75) is 51.6 Å². The standard InChI is InChI=1S/C20H30N4O3S/c1-20(2,3)15-8-6-14(7-9-15)18(26)21-11-10-17(25)23-24-19(28)22-13-16-5-4-12-27-16/h6-9,16H,4-5,10-13H2,1-3H3,(H,21,26)(H,23,25)(H2,22,24,28). The first kappa shape index (κ1) is 22.1. The average molecular weight is 407 g/mol. The van der Waals surface area contributed by atoms with Gasteiger partial charge in [-0.2, -0.15) is 0 Å². The van der Waals surface area contributed by atoms with Gasteiger partial charge in [0.1, 0.15) is 0 Å². The van der Waals surface area contributed by atoms with Gasteiger partial charge in [0.05, 0.1) is 6.10 Å². The Bertz CT molecular complexity index is 680. The van der Waals surface area contributed by atoms with Crippen LogP contribution in [0.5, 0.6) is 0 Å². The predicted molar refractivity (Wildman–Crippen MR) is 113 cm³/mol. The summed E-state index contributed by atoms with van der Waals surface area (Å²) >= 11 is 5.10. The summed E-state index contributed by atoms with van der Waals surface area (Å²) < 4.78 is 5.49. The molecule has 0 aliphatic carbocycles. The summed E-state index contributed by atoms with van der Waals surface area (Å²) in [5, 5.41) is 6.09. The Labute approximate surface area is 171 Å². The highest BCUT2D eigenvalue weighted by Gasteiger charge is 2.16. The third-order valence-electron chi connectivity index (χ3n) is 4.48. The SMILES string of the molecule is CC(C)(C)c1ccc(C(=O)NCCC(=O)NNC(=S)NCC2CCCO2)cc1. The highest BCUT2D eigenvalue weighted by Crippen LogP contribution is 2.22. The highest BCUT2D eigenvalue weighted by atomic mass is 32.1. The minimum absolute atomic E-state index is 0.0413. The monoisotopic (exact) mass is 406 g/mol. The predicted octanol–water partition coefficient (Wildman–Crippen LogP) is 1.78. The van der Waals surface area contributed by atoms with Gasteiger partial charge in [-0.3, -0.25) is 20.4 Å². The van der Waals surface area contributed by atoms with Crippen molar-refractivity contribution in [1.29, 1.82) is 0 Å². The average Bonchev–Trinajstić information content (AvgIpc) is 3.17. The minimum atomic E-state index is -0.260. The van der Waals surface area contributed by atoms with Gasteiger partial charge in [0, 0.05) is 31.7 Å². The molecule has 1 aliphatic heterocycles. The van der Waals surface area contributed by atoms with Crippen molar-refractivity contribution in [3.05, 3.63) is 35.4 Å². The summed E-state index contributed by atoms with van der Waals surface area (Å²) in [5.74, 6) is -0.459. The van der Waals surface area contributed by atoms with E-state index in [0.717, 1.165) is 19.4 Å². The lowest BCUT2D eigenvalue weighted by molar-refractivity contribution is -0.121. The molecule has 8 heteroatoms. The Morgan fingerprint density at radius 2 is 1.86 bits per heavy atom. The van der Waals surface area contributed by atoms with Crippen LogP contribution < -0.4 is 21.5 Å². The van der Waals surface area contributed by atoms with Crippen LogP contribution in [-0.4, -0.2) is 42.7 Å². The van der Waals surface area contributed by atoms with Crippen molar-refractivity contribution >= 4 is 29.1 Å². The zero-order valence-corrected chi connectivity index (χ0v) is 17.6. The quantitative estimate of drug-likeness (QED) is 0.425. The number of hydrazine groups is 1. The third-order valence-corrected chi connectivity index (χ3v) is 4.73. The van der Waals surface area contributed by atoms with Crippen molar-refractivity contribution in [3.63, 3.8) is 0 Å². The molecule has 1 saturated heterocycles. The summed E-state index contributed by atoms with van der Waals surface area (Å²) in [6, 6.07) is 7.51. The number of nitrogens with one attached hydrogen (secondary N) is 4. The van der Waals surface area contributed by atoms with Crippen LogP contribution in [0.2, 0.25) is 0 Å². The summed E-state index contributed by atoms with van der Waals surface area (Å²) in [6.45, 7) is 8.01. The van der Waals surface area contributed by atoms with Gasteiger partial charge < -0.3 is 15.4 Å².